The van der Waals surface area contributed by atoms with Gasteiger partial charge in [-0.05, 0) is 35.4 Å². The third kappa shape index (κ3) is 10.4. The number of amides is 1. The van der Waals surface area contributed by atoms with Crippen LogP contribution in [0.2, 0.25) is 20.1 Å². The molecule has 4 aromatic rings. The van der Waals surface area contributed by atoms with Gasteiger partial charge in [0.05, 0.1) is 42.3 Å². The number of nitrogens with two attached hydrogens (primary N) is 1. The maximum Gasteiger partial charge on any atom is 0.352 e. The molecular formula is C24H20Cl4N6O7. The highest BCUT2D eigenvalue weighted by Crippen LogP contribution is 2.23. The van der Waals surface area contributed by atoms with Crippen molar-refractivity contribution in [1.29, 1.82) is 0 Å². The predicted molar refractivity (Wildman–Crippen MR) is 154 cm³/mol. The van der Waals surface area contributed by atoms with E-state index >= 15 is 0 Å². The van der Waals surface area contributed by atoms with Crippen molar-refractivity contribution in [3.05, 3.63) is 124 Å². The van der Waals surface area contributed by atoms with Crippen molar-refractivity contribution in [3.8, 4) is 0 Å². The highest BCUT2D eigenvalue weighted by atomic mass is 35.5. The van der Waals surface area contributed by atoms with Crippen LogP contribution in [0.3, 0.4) is 0 Å². The molecule has 2 aromatic heterocycles. The Hall–Kier alpha value is -4.14. The number of carbonyl (C=O) groups excluding carboxylic acids is 1. The number of carbonyl (C=O) groups is 2. The summed E-state index contributed by atoms with van der Waals surface area (Å²) >= 11 is 23.0. The Labute approximate surface area is 251 Å². The number of benzene rings is 2. The van der Waals surface area contributed by atoms with Gasteiger partial charge >= 0.3 is 5.97 Å². The fraction of sp³-hybridized carbons (Fsp3) is 0.0833. The molecule has 0 spiro atoms. The molecule has 1 amide bonds. The summed E-state index contributed by atoms with van der Waals surface area (Å²) in [5, 5.41) is 33.4. The first-order chi connectivity index (χ1) is 19.3. The van der Waals surface area contributed by atoms with Crippen molar-refractivity contribution in [2.75, 3.05) is 0 Å². The van der Waals surface area contributed by atoms with E-state index in [9.17, 15) is 29.8 Å². The van der Waals surface area contributed by atoms with Crippen LogP contribution in [0.4, 0.5) is 11.4 Å². The molecule has 2 heterocycles. The molecule has 0 unspecified atom stereocenters. The van der Waals surface area contributed by atoms with Crippen LogP contribution in [0.15, 0.2) is 60.9 Å². The summed E-state index contributed by atoms with van der Waals surface area (Å²) in [7, 11) is 0. The highest BCUT2D eigenvalue weighted by Gasteiger charge is 2.14. The van der Waals surface area contributed by atoms with Crippen molar-refractivity contribution in [3.63, 3.8) is 0 Å². The maximum atomic E-state index is 11.8. The van der Waals surface area contributed by atoms with Crippen LogP contribution in [0.1, 0.15) is 32.1 Å². The quantitative estimate of drug-likeness (QED) is 0.114. The Morgan fingerprint density at radius 1 is 0.780 bits per heavy atom. The highest BCUT2D eigenvalue weighted by molar-refractivity contribution is 6.42. The summed E-state index contributed by atoms with van der Waals surface area (Å²) in [6.07, 6.45) is 2.19. The first-order valence-corrected chi connectivity index (χ1v) is 12.6. The molecule has 0 atom stereocenters. The first-order valence-electron chi connectivity index (χ1n) is 11.1. The van der Waals surface area contributed by atoms with Crippen molar-refractivity contribution in [2.45, 2.75) is 13.1 Å². The molecule has 4 rings (SSSR count). The topological polar surface area (TPSA) is 210 Å². The van der Waals surface area contributed by atoms with E-state index in [1.807, 2.05) is 6.07 Å². The summed E-state index contributed by atoms with van der Waals surface area (Å²) in [4.78, 5) is 46.1. The molecule has 0 bridgehead atoms. The Balaban J connectivity index is 0.000000236. The van der Waals surface area contributed by atoms with Crippen LogP contribution in [0, 0.1) is 20.2 Å². The molecule has 17 heteroatoms. The van der Waals surface area contributed by atoms with Crippen LogP contribution in [-0.4, -0.2) is 36.8 Å². The fourth-order valence-electron chi connectivity index (χ4n) is 2.82. The molecule has 41 heavy (non-hydrogen) atoms. The van der Waals surface area contributed by atoms with Crippen molar-refractivity contribution in [1.82, 2.24) is 15.3 Å². The van der Waals surface area contributed by atoms with Gasteiger partial charge in [-0.1, -0.05) is 58.5 Å². The van der Waals surface area contributed by atoms with Crippen molar-refractivity contribution in [2.24, 2.45) is 5.73 Å². The number of aromatic carboxylic acids is 1. The lowest BCUT2D eigenvalue weighted by atomic mass is 10.2. The molecule has 0 radical (unpaired) electrons. The lowest BCUT2D eigenvalue weighted by Gasteiger charge is -2.05. The van der Waals surface area contributed by atoms with Gasteiger partial charge in [-0.2, -0.15) is 0 Å². The minimum absolute atomic E-state index is 0.122. The first kappa shape index (κ1) is 33.1. The zero-order valence-electron chi connectivity index (χ0n) is 20.6. The van der Waals surface area contributed by atoms with Gasteiger partial charge in [-0.25, -0.2) is 4.79 Å². The lowest BCUT2D eigenvalue weighted by molar-refractivity contribution is -0.384. The van der Waals surface area contributed by atoms with Crippen LogP contribution in [0.25, 0.3) is 0 Å². The number of H-pyrrole nitrogens is 2. The third-order valence-corrected chi connectivity index (χ3v) is 6.37. The largest absolute Gasteiger partial charge is 0.477 e. The monoisotopic (exact) mass is 644 g/mol. The second-order valence-electron chi connectivity index (χ2n) is 7.75. The van der Waals surface area contributed by atoms with E-state index in [-0.39, 0.29) is 29.3 Å². The number of aromatic amines is 2. The molecule has 0 aliphatic carbocycles. The molecule has 216 valence electrons. The number of nitrogens with zero attached hydrogens (tertiary/aromatic N) is 2. The average Bonchev–Trinajstić information content (AvgIpc) is 3.63. The standard InChI is InChI=1S/C12H9Cl2N3O3.C7H7Cl2N.C5H4N2O4/c13-9-2-1-7(3-10(9)14)5-16-12(18)11-4-8(6-15-11)17(19)20;8-6-2-1-5(4-10)3-7(6)9;8-5(9)4-1-3(2-6-4)7(10)11/h1-4,6,15H,5H2,(H,16,18);1-3H,4,10H2;1-2,6H,(H,8,9). The third-order valence-electron chi connectivity index (χ3n) is 4.89. The van der Waals surface area contributed by atoms with Crippen molar-refractivity contribution < 1.29 is 24.5 Å². The van der Waals surface area contributed by atoms with Gasteiger partial charge in [0.2, 0.25) is 0 Å². The van der Waals surface area contributed by atoms with E-state index in [4.69, 9.17) is 57.2 Å². The normalized spacial score (nSPS) is 9.98. The van der Waals surface area contributed by atoms with Crippen LogP contribution >= 0.6 is 46.4 Å². The van der Waals surface area contributed by atoms with Gasteiger partial charge in [0, 0.05) is 25.2 Å². The van der Waals surface area contributed by atoms with E-state index in [1.54, 1.807) is 30.3 Å². The molecule has 6 N–H and O–H groups in total. The summed E-state index contributed by atoms with van der Waals surface area (Å²) in [5.74, 6) is -1.65. The van der Waals surface area contributed by atoms with Crippen molar-refractivity contribution >= 4 is 69.7 Å². The van der Waals surface area contributed by atoms with E-state index in [2.05, 4.69) is 15.3 Å². The summed E-state index contributed by atoms with van der Waals surface area (Å²) in [6, 6.07) is 12.5. The average molecular weight is 646 g/mol. The minimum atomic E-state index is -1.21. The predicted octanol–water partition coefficient (Wildman–Crippen LogP) is 6.23. The molecule has 2 aromatic carbocycles. The number of hydrogen-bond acceptors (Lipinski definition) is 7. The summed E-state index contributed by atoms with van der Waals surface area (Å²) < 4.78 is 0. The molecule has 13 nitrogen and oxygen atoms in total. The van der Waals surface area contributed by atoms with E-state index in [0.717, 1.165) is 29.6 Å². The minimum Gasteiger partial charge on any atom is -0.477 e. The molecule has 0 aliphatic rings. The number of nitro groups is 2. The molecule has 0 saturated carbocycles. The second kappa shape index (κ2) is 15.6. The van der Waals surface area contributed by atoms with E-state index in [1.165, 1.54) is 6.07 Å². The molecule has 0 fully saturated rings. The zero-order chi connectivity index (χ0) is 30.7. The number of carboxylic acids is 1. The Bertz CT molecular complexity index is 1530. The van der Waals surface area contributed by atoms with Crippen LogP contribution in [0.5, 0.6) is 0 Å². The Kier molecular flexibility index (Phi) is 12.6. The van der Waals surface area contributed by atoms with Gasteiger partial charge in [0.1, 0.15) is 11.4 Å². The van der Waals surface area contributed by atoms with Gasteiger partial charge in [-0.15, -0.1) is 0 Å². The van der Waals surface area contributed by atoms with Gasteiger partial charge in [0.25, 0.3) is 17.3 Å². The van der Waals surface area contributed by atoms with Gasteiger partial charge < -0.3 is 26.1 Å². The second-order valence-corrected chi connectivity index (χ2v) is 9.38. The number of aromatic nitrogens is 2. The molecule has 0 saturated heterocycles. The fourth-order valence-corrected chi connectivity index (χ4v) is 3.47. The number of hydrogen-bond donors (Lipinski definition) is 5. The Morgan fingerprint density at radius 3 is 1.66 bits per heavy atom. The summed E-state index contributed by atoms with van der Waals surface area (Å²) in [6.45, 7) is 0.736. The maximum absolute atomic E-state index is 11.8. The van der Waals surface area contributed by atoms with Gasteiger partial charge in [-0.3, -0.25) is 25.0 Å². The SMILES string of the molecule is NCc1ccc(Cl)c(Cl)c1.O=C(NCc1ccc(Cl)c(Cl)c1)c1cc([N+](=O)[O-])c[nH]1.O=C(O)c1cc([N+](=O)[O-])c[nH]1. The van der Waals surface area contributed by atoms with E-state index < -0.39 is 21.7 Å². The molecule has 0 aliphatic heterocycles. The summed E-state index contributed by atoms with van der Waals surface area (Å²) in [5.41, 5.74) is 6.66. The number of halogens is 4. The molecular weight excluding hydrogens is 626 g/mol. The Morgan fingerprint density at radius 2 is 1.24 bits per heavy atom. The van der Waals surface area contributed by atoms with Crippen LogP contribution < -0.4 is 11.1 Å². The number of rotatable bonds is 7. The van der Waals surface area contributed by atoms with E-state index in [0.29, 0.717) is 26.6 Å². The smallest absolute Gasteiger partial charge is 0.352 e. The van der Waals surface area contributed by atoms with Crippen LogP contribution in [-0.2, 0) is 13.1 Å². The number of carboxylic acid groups (broad SMARTS) is 1. The number of nitrogens with one attached hydrogen (secondary N) is 3. The van der Waals surface area contributed by atoms with Gasteiger partial charge in [0.15, 0.2) is 0 Å². The zero-order valence-corrected chi connectivity index (χ0v) is 23.6. The lowest BCUT2D eigenvalue weighted by Crippen LogP contribution is -2.23.